The molecule has 0 heterocycles. The summed E-state index contributed by atoms with van der Waals surface area (Å²) in [6, 6.07) is 18.5. The molecule has 0 atom stereocenters. The van der Waals surface area contributed by atoms with Crippen LogP contribution < -0.4 is 10.4 Å². The third-order valence-corrected chi connectivity index (χ3v) is 5.60. The zero-order valence-corrected chi connectivity index (χ0v) is 16.5. The highest BCUT2D eigenvalue weighted by molar-refractivity contribution is 5.91. The summed E-state index contributed by atoms with van der Waals surface area (Å²) in [5.41, 5.74) is 6.15. The maximum absolute atomic E-state index is 10.3. The third-order valence-electron chi connectivity index (χ3n) is 5.60. The highest BCUT2D eigenvalue weighted by atomic mass is 16.4. The maximum atomic E-state index is 10.3. The van der Waals surface area contributed by atoms with Crippen molar-refractivity contribution in [1.82, 2.24) is 0 Å². The topological polar surface area (TPSA) is 74.6 Å². The molecule has 3 aromatic rings. The molecule has 0 bridgehead atoms. The zero-order chi connectivity index (χ0) is 21.1. The number of hydrogen-bond donors (Lipinski definition) is 2. The van der Waals surface area contributed by atoms with Crippen LogP contribution in [0.15, 0.2) is 60.7 Å². The number of carboxylic acid groups (broad SMARTS) is 2. The van der Waals surface area contributed by atoms with Crippen molar-refractivity contribution in [2.75, 3.05) is 0 Å². The minimum absolute atomic E-state index is 0.0833. The Kier molecular flexibility index (Phi) is 5.48. The minimum Gasteiger partial charge on any atom is -0.478 e. The molecule has 30 heavy (non-hydrogen) atoms. The van der Waals surface area contributed by atoms with Crippen molar-refractivity contribution >= 4 is 24.1 Å². The highest BCUT2D eigenvalue weighted by Crippen LogP contribution is 2.31. The first-order valence-corrected chi connectivity index (χ1v) is 10.0. The Balaban J connectivity index is 0.000000159. The van der Waals surface area contributed by atoms with Gasteiger partial charge >= 0.3 is 11.9 Å². The summed E-state index contributed by atoms with van der Waals surface area (Å²) >= 11 is 0. The van der Waals surface area contributed by atoms with Crippen molar-refractivity contribution in [3.8, 4) is 11.1 Å². The molecule has 2 aliphatic rings. The van der Waals surface area contributed by atoms with Gasteiger partial charge in [-0.1, -0.05) is 48.6 Å². The number of hydrogen-bond acceptors (Lipinski definition) is 2. The Morgan fingerprint density at radius 1 is 0.667 bits per heavy atom. The lowest BCUT2D eigenvalue weighted by molar-refractivity contribution is 0.0681. The summed E-state index contributed by atoms with van der Waals surface area (Å²) in [6.45, 7) is 0. The first-order valence-electron chi connectivity index (χ1n) is 10.0. The molecule has 0 aliphatic heterocycles. The molecule has 0 aromatic heterocycles. The third kappa shape index (κ3) is 3.90. The second kappa shape index (κ2) is 8.37. The van der Waals surface area contributed by atoms with E-state index in [-0.39, 0.29) is 11.1 Å². The average Bonchev–Trinajstić information content (AvgIpc) is 2.79. The lowest BCUT2D eigenvalue weighted by atomic mass is 9.83. The molecule has 0 amide bonds. The van der Waals surface area contributed by atoms with E-state index in [4.69, 9.17) is 10.2 Å². The van der Waals surface area contributed by atoms with Crippen molar-refractivity contribution in [3.63, 3.8) is 0 Å². The molecule has 0 spiro atoms. The van der Waals surface area contributed by atoms with E-state index in [0.29, 0.717) is 0 Å². The van der Waals surface area contributed by atoms with E-state index in [2.05, 4.69) is 48.6 Å². The Labute approximate surface area is 174 Å². The Morgan fingerprint density at radius 3 is 1.97 bits per heavy atom. The van der Waals surface area contributed by atoms with Gasteiger partial charge in [-0.05, 0) is 82.6 Å². The van der Waals surface area contributed by atoms with Gasteiger partial charge in [0.2, 0.25) is 0 Å². The number of carboxylic acids is 2. The summed E-state index contributed by atoms with van der Waals surface area (Å²) in [6.07, 6.45) is 9.60. The fourth-order valence-corrected chi connectivity index (χ4v) is 4.11. The van der Waals surface area contributed by atoms with Crippen LogP contribution in [0.2, 0.25) is 0 Å². The molecule has 0 unspecified atom stereocenters. The van der Waals surface area contributed by atoms with Gasteiger partial charge in [0.25, 0.3) is 0 Å². The van der Waals surface area contributed by atoms with Crippen molar-refractivity contribution in [1.29, 1.82) is 0 Å². The van der Waals surface area contributed by atoms with Gasteiger partial charge in [0.15, 0.2) is 0 Å². The number of rotatable bonds is 2. The lowest BCUT2D eigenvalue weighted by Gasteiger charge is -2.21. The SMILES string of the molecule is C1=c2ccc3c(c2=CCC1)CCc1ccccc1-3.O=C(O)c1ccc(C(=O)O)cc1. The minimum atomic E-state index is -1.06. The predicted octanol–water partition coefficient (Wildman–Crippen LogP) is 3.89. The molecule has 4 nitrogen and oxygen atoms in total. The van der Waals surface area contributed by atoms with Crippen LogP contribution in [0.3, 0.4) is 0 Å². The van der Waals surface area contributed by atoms with Gasteiger partial charge in [0, 0.05) is 0 Å². The van der Waals surface area contributed by atoms with Gasteiger partial charge in [0.05, 0.1) is 11.1 Å². The van der Waals surface area contributed by atoms with Gasteiger partial charge in [-0.3, -0.25) is 0 Å². The van der Waals surface area contributed by atoms with Crippen molar-refractivity contribution in [2.24, 2.45) is 0 Å². The van der Waals surface area contributed by atoms with Gasteiger partial charge in [-0.15, -0.1) is 0 Å². The lowest BCUT2D eigenvalue weighted by Crippen LogP contribution is -2.32. The molecule has 0 radical (unpaired) electrons. The molecular formula is C26H22O4. The van der Waals surface area contributed by atoms with E-state index >= 15 is 0 Å². The van der Waals surface area contributed by atoms with Crippen LogP contribution in [-0.4, -0.2) is 22.2 Å². The van der Waals surface area contributed by atoms with E-state index < -0.39 is 11.9 Å². The maximum Gasteiger partial charge on any atom is 0.335 e. The molecule has 150 valence electrons. The number of aryl methyl sites for hydroxylation is 1. The average molecular weight is 398 g/mol. The molecule has 0 saturated heterocycles. The Bertz CT molecular complexity index is 1200. The molecule has 2 N–H and O–H groups in total. The quantitative estimate of drug-likeness (QED) is 0.687. The number of aromatic carboxylic acids is 2. The fraction of sp³-hybridized carbons (Fsp3) is 0.154. The van der Waals surface area contributed by atoms with Crippen LogP contribution in [-0.2, 0) is 12.8 Å². The van der Waals surface area contributed by atoms with E-state index in [1.807, 2.05) is 0 Å². The standard InChI is InChI=1S/C18H16.C8H6O4/c1-3-7-15-13(5-1)9-11-18-16-8-4-2-6-14(16)10-12-17(15)18;9-7(10)5-1-2-6(4-3-5)8(11)12/h1,3,5-8,10,12H,2,4,9,11H2;1-4H,(H,9,10)(H,11,12). The van der Waals surface area contributed by atoms with Crippen molar-refractivity contribution in [3.05, 3.63) is 93.4 Å². The molecule has 3 aromatic carbocycles. The summed E-state index contributed by atoms with van der Waals surface area (Å²) in [5.74, 6) is -2.13. The fourth-order valence-electron chi connectivity index (χ4n) is 4.11. The van der Waals surface area contributed by atoms with Crippen LogP contribution >= 0.6 is 0 Å². The summed E-state index contributed by atoms with van der Waals surface area (Å²) < 4.78 is 0. The zero-order valence-electron chi connectivity index (χ0n) is 16.5. The molecule has 0 fully saturated rings. The first kappa shape index (κ1) is 19.6. The van der Waals surface area contributed by atoms with Crippen LogP contribution in [0.1, 0.15) is 44.7 Å². The van der Waals surface area contributed by atoms with Crippen LogP contribution in [0, 0.1) is 0 Å². The van der Waals surface area contributed by atoms with E-state index in [1.54, 1.807) is 5.56 Å². The van der Waals surface area contributed by atoms with Gasteiger partial charge in [-0.25, -0.2) is 9.59 Å². The Hall–Kier alpha value is -3.66. The smallest absolute Gasteiger partial charge is 0.335 e. The first-order chi connectivity index (χ1) is 14.5. The van der Waals surface area contributed by atoms with Crippen LogP contribution in [0.4, 0.5) is 0 Å². The largest absolute Gasteiger partial charge is 0.478 e. The van der Waals surface area contributed by atoms with Gasteiger partial charge < -0.3 is 10.2 Å². The van der Waals surface area contributed by atoms with Crippen LogP contribution in [0.5, 0.6) is 0 Å². The van der Waals surface area contributed by atoms with E-state index in [1.165, 1.54) is 77.1 Å². The molecule has 4 heteroatoms. The highest BCUT2D eigenvalue weighted by Gasteiger charge is 2.16. The molecule has 0 saturated carbocycles. The summed E-state index contributed by atoms with van der Waals surface area (Å²) in [5, 5.41) is 19.9. The van der Waals surface area contributed by atoms with Crippen LogP contribution in [0.25, 0.3) is 23.3 Å². The summed E-state index contributed by atoms with van der Waals surface area (Å²) in [7, 11) is 0. The van der Waals surface area contributed by atoms with Crippen molar-refractivity contribution in [2.45, 2.75) is 25.7 Å². The van der Waals surface area contributed by atoms with E-state index in [9.17, 15) is 9.59 Å². The number of fused-ring (bicyclic) bond motifs is 5. The van der Waals surface area contributed by atoms with Gasteiger partial charge in [0.1, 0.15) is 0 Å². The number of carbonyl (C=O) groups is 2. The monoisotopic (exact) mass is 398 g/mol. The second-order valence-corrected chi connectivity index (χ2v) is 7.42. The Morgan fingerprint density at radius 2 is 1.30 bits per heavy atom. The van der Waals surface area contributed by atoms with Gasteiger partial charge in [-0.2, -0.15) is 0 Å². The molecule has 5 rings (SSSR count). The predicted molar refractivity (Wildman–Crippen MR) is 117 cm³/mol. The molecule has 2 aliphatic carbocycles. The normalized spacial score (nSPS) is 13.2. The molecular weight excluding hydrogens is 376 g/mol. The number of benzene rings is 3. The summed E-state index contributed by atoms with van der Waals surface area (Å²) in [4.78, 5) is 20.7. The second-order valence-electron chi connectivity index (χ2n) is 7.42. The van der Waals surface area contributed by atoms with Crippen molar-refractivity contribution < 1.29 is 19.8 Å². The van der Waals surface area contributed by atoms with E-state index in [0.717, 1.165) is 0 Å².